The first kappa shape index (κ1) is 9.19. The Bertz CT molecular complexity index is 323. The second-order valence-electron chi connectivity index (χ2n) is 3.73. The zero-order valence-electron chi connectivity index (χ0n) is 8.31. The number of rotatable bonds is 1. The predicted molar refractivity (Wildman–Crippen MR) is 54.0 cm³/mol. The number of hydrogen-bond acceptors (Lipinski definition) is 2. The van der Waals surface area contributed by atoms with Gasteiger partial charge in [0.15, 0.2) is 0 Å². The van der Waals surface area contributed by atoms with Gasteiger partial charge in [0, 0.05) is 25.0 Å². The molecule has 0 aromatic carbocycles. The number of amides is 1. The molecule has 3 heteroatoms. The number of nitrogens with zero attached hydrogens (tertiary/aromatic N) is 2. The van der Waals surface area contributed by atoms with E-state index in [1.807, 2.05) is 11.0 Å². The number of aromatic nitrogens is 1. The highest BCUT2D eigenvalue weighted by atomic mass is 16.2. The number of pyridine rings is 1. The molecule has 14 heavy (non-hydrogen) atoms. The molecular weight excluding hydrogens is 176 g/mol. The molecule has 1 aliphatic heterocycles. The molecule has 0 radical (unpaired) electrons. The molecule has 1 amide bonds. The van der Waals surface area contributed by atoms with Crippen LogP contribution in [0.1, 0.15) is 30.1 Å². The van der Waals surface area contributed by atoms with Crippen molar-refractivity contribution < 1.29 is 4.79 Å². The van der Waals surface area contributed by atoms with E-state index >= 15 is 0 Å². The van der Waals surface area contributed by atoms with E-state index in [0.29, 0.717) is 11.6 Å². The molecule has 1 aliphatic rings. The summed E-state index contributed by atoms with van der Waals surface area (Å²) in [4.78, 5) is 17.8. The van der Waals surface area contributed by atoms with Crippen LogP contribution < -0.4 is 0 Å². The molecule has 74 valence electrons. The first-order valence-electron chi connectivity index (χ1n) is 5.00. The molecule has 0 bridgehead atoms. The van der Waals surface area contributed by atoms with Gasteiger partial charge in [-0.3, -0.25) is 9.78 Å². The highest BCUT2D eigenvalue weighted by molar-refractivity contribution is 5.94. The van der Waals surface area contributed by atoms with Crippen molar-refractivity contribution in [2.24, 2.45) is 0 Å². The first-order valence-corrected chi connectivity index (χ1v) is 5.00. The Hall–Kier alpha value is -1.38. The van der Waals surface area contributed by atoms with Crippen LogP contribution in [0.2, 0.25) is 0 Å². The van der Waals surface area contributed by atoms with Crippen LogP contribution in [-0.4, -0.2) is 28.4 Å². The maximum absolute atomic E-state index is 11.9. The lowest BCUT2D eigenvalue weighted by Gasteiger charge is -2.21. The van der Waals surface area contributed by atoms with E-state index in [1.54, 1.807) is 18.5 Å². The van der Waals surface area contributed by atoms with E-state index in [4.69, 9.17) is 0 Å². The van der Waals surface area contributed by atoms with Gasteiger partial charge in [0.2, 0.25) is 0 Å². The average molecular weight is 190 g/mol. The normalized spacial score (nSPS) is 21.2. The summed E-state index contributed by atoms with van der Waals surface area (Å²) >= 11 is 0. The van der Waals surface area contributed by atoms with E-state index in [2.05, 4.69) is 11.9 Å². The lowest BCUT2D eigenvalue weighted by molar-refractivity contribution is 0.0747. The first-order chi connectivity index (χ1) is 6.79. The van der Waals surface area contributed by atoms with Crippen molar-refractivity contribution in [3.05, 3.63) is 30.1 Å². The lowest BCUT2D eigenvalue weighted by Crippen LogP contribution is -2.33. The van der Waals surface area contributed by atoms with Crippen molar-refractivity contribution in [3.63, 3.8) is 0 Å². The van der Waals surface area contributed by atoms with Gasteiger partial charge in [0.05, 0.1) is 5.56 Å². The smallest absolute Gasteiger partial charge is 0.255 e. The maximum atomic E-state index is 11.9. The van der Waals surface area contributed by atoms with Gasteiger partial charge in [-0.2, -0.15) is 0 Å². The van der Waals surface area contributed by atoms with Crippen LogP contribution in [0.15, 0.2) is 24.5 Å². The van der Waals surface area contributed by atoms with Crippen LogP contribution in [0.25, 0.3) is 0 Å². The van der Waals surface area contributed by atoms with Gasteiger partial charge in [-0.15, -0.1) is 0 Å². The Morgan fingerprint density at radius 1 is 1.64 bits per heavy atom. The summed E-state index contributed by atoms with van der Waals surface area (Å²) in [6.07, 6.45) is 5.55. The fourth-order valence-electron chi connectivity index (χ4n) is 1.89. The molecule has 1 saturated heterocycles. The summed E-state index contributed by atoms with van der Waals surface area (Å²) in [7, 11) is 0. The zero-order valence-corrected chi connectivity index (χ0v) is 8.31. The fraction of sp³-hybridized carbons (Fsp3) is 0.455. The van der Waals surface area contributed by atoms with Gasteiger partial charge in [-0.25, -0.2) is 0 Å². The van der Waals surface area contributed by atoms with Crippen LogP contribution >= 0.6 is 0 Å². The highest BCUT2D eigenvalue weighted by Gasteiger charge is 2.25. The molecule has 0 aliphatic carbocycles. The standard InChI is InChI=1S/C11H14N2O/c1-9-4-3-7-13(9)11(14)10-5-2-6-12-8-10/h2,5-6,8-9H,3-4,7H2,1H3/t9-/m0/s1. The molecular formula is C11H14N2O. The van der Waals surface area contributed by atoms with Gasteiger partial charge in [0.25, 0.3) is 5.91 Å². The predicted octanol–water partition coefficient (Wildman–Crippen LogP) is 1.71. The Labute approximate surface area is 83.8 Å². The van der Waals surface area contributed by atoms with Crippen molar-refractivity contribution in [2.45, 2.75) is 25.8 Å². The Morgan fingerprint density at radius 2 is 2.50 bits per heavy atom. The molecule has 0 unspecified atom stereocenters. The fourth-order valence-corrected chi connectivity index (χ4v) is 1.89. The summed E-state index contributed by atoms with van der Waals surface area (Å²) in [6.45, 7) is 2.98. The second-order valence-corrected chi connectivity index (χ2v) is 3.73. The topological polar surface area (TPSA) is 33.2 Å². The third-order valence-corrected chi connectivity index (χ3v) is 2.72. The van der Waals surface area contributed by atoms with Gasteiger partial charge < -0.3 is 4.90 Å². The second kappa shape index (κ2) is 3.78. The molecule has 3 nitrogen and oxygen atoms in total. The third kappa shape index (κ3) is 1.62. The molecule has 1 atom stereocenters. The zero-order chi connectivity index (χ0) is 9.97. The minimum atomic E-state index is 0.114. The number of likely N-dealkylation sites (tertiary alicyclic amines) is 1. The largest absolute Gasteiger partial charge is 0.336 e. The Kier molecular flexibility index (Phi) is 2.48. The molecule has 2 rings (SSSR count). The van der Waals surface area contributed by atoms with Gasteiger partial charge >= 0.3 is 0 Å². The van der Waals surface area contributed by atoms with Crippen LogP contribution in [0.4, 0.5) is 0 Å². The maximum Gasteiger partial charge on any atom is 0.255 e. The summed E-state index contributed by atoms with van der Waals surface area (Å²) in [5, 5.41) is 0. The van der Waals surface area contributed by atoms with Crippen molar-refractivity contribution in [1.82, 2.24) is 9.88 Å². The summed E-state index contributed by atoms with van der Waals surface area (Å²) in [6, 6.07) is 4.00. The van der Waals surface area contributed by atoms with E-state index in [1.165, 1.54) is 0 Å². The van der Waals surface area contributed by atoms with Gasteiger partial charge in [0.1, 0.15) is 0 Å². The van der Waals surface area contributed by atoms with Crippen LogP contribution in [-0.2, 0) is 0 Å². The molecule has 1 aromatic rings. The average Bonchev–Trinajstić information content (AvgIpc) is 2.65. The number of carbonyl (C=O) groups is 1. The molecule has 0 saturated carbocycles. The van der Waals surface area contributed by atoms with E-state index in [-0.39, 0.29) is 5.91 Å². The minimum Gasteiger partial charge on any atom is -0.336 e. The van der Waals surface area contributed by atoms with Gasteiger partial charge in [-0.1, -0.05) is 0 Å². The SMILES string of the molecule is C[C@H]1CCCN1C(=O)c1cccnc1. The number of carbonyl (C=O) groups excluding carboxylic acids is 1. The minimum absolute atomic E-state index is 0.114. The summed E-state index contributed by atoms with van der Waals surface area (Å²) < 4.78 is 0. The Balaban J connectivity index is 2.16. The molecule has 2 heterocycles. The van der Waals surface area contributed by atoms with Crippen molar-refractivity contribution >= 4 is 5.91 Å². The molecule has 0 N–H and O–H groups in total. The van der Waals surface area contributed by atoms with Crippen molar-refractivity contribution in [2.75, 3.05) is 6.54 Å². The quantitative estimate of drug-likeness (QED) is 0.675. The molecule has 1 aromatic heterocycles. The van der Waals surface area contributed by atoms with Gasteiger partial charge in [-0.05, 0) is 31.9 Å². The molecule has 0 spiro atoms. The van der Waals surface area contributed by atoms with Crippen LogP contribution in [0, 0.1) is 0 Å². The summed E-state index contributed by atoms with van der Waals surface area (Å²) in [5.74, 6) is 0.114. The van der Waals surface area contributed by atoms with E-state index in [9.17, 15) is 4.79 Å². The monoisotopic (exact) mass is 190 g/mol. The third-order valence-electron chi connectivity index (χ3n) is 2.72. The van der Waals surface area contributed by atoms with E-state index < -0.39 is 0 Å². The number of hydrogen-bond donors (Lipinski definition) is 0. The lowest BCUT2D eigenvalue weighted by atomic mass is 10.2. The Morgan fingerprint density at radius 3 is 3.07 bits per heavy atom. The van der Waals surface area contributed by atoms with E-state index in [0.717, 1.165) is 19.4 Å². The highest BCUT2D eigenvalue weighted by Crippen LogP contribution is 2.18. The van der Waals surface area contributed by atoms with Crippen molar-refractivity contribution in [1.29, 1.82) is 0 Å². The molecule has 1 fully saturated rings. The summed E-state index contributed by atoms with van der Waals surface area (Å²) in [5.41, 5.74) is 0.696. The van der Waals surface area contributed by atoms with Crippen molar-refractivity contribution in [3.8, 4) is 0 Å². The van der Waals surface area contributed by atoms with Crippen LogP contribution in [0.5, 0.6) is 0 Å². The van der Waals surface area contributed by atoms with Crippen LogP contribution in [0.3, 0.4) is 0 Å².